The van der Waals surface area contributed by atoms with E-state index < -0.39 is 0 Å². The van der Waals surface area contributed by atoms with Gasteiger partial charge in [0.2, 0.25) is 0 Å². The van der Waals surface area contributed by atoms with Crippen LogP contribution in [0.15, 0.2) is 22.8 Å². The highest BCUT2D eigenvalue weighted by atomic mass is 17.2. The normalized spacial score (nSPS) is 39.5. The molecule has 0 aromatic heterocycles. The number of aliphatic hydroxyl groups excluding tert-OH is 2. The fourth-order valence-corrected chi connectivity index (χ4v) is 7.23. The van der Waals surface area contributed by atoms with E-state index in [0.29, 0.717) is 29.8 Å². The third-order valence-electron chi connectivity index (χ3n) is 9.21. The van der Waals surface area contributed by atoms with Crippen LogP contribution in [0, 0.1) is 29.1 Å². The topological polar surface area (TPSA) is 58.9 Å². The monoisotopic (exact) mass is 432 g/mol. The van der Waals surface area contributed by atoms with Crippen LogP contribution < -0.4 is 0 Å². The Morgan fingerprint density at radius 1 is 1.13 bits per heavy atom. The molecule has 0 radical (unpaired) electrons. The van der Waals surface area contributed by atoms with Gasteiger partial charge in [0.1, 0.15) is 12.7 Å². The van der Waals surface area contributed by atoms with Crippen molar-refractivity contribution in [3.63, 3.8) is 0 Å². The van der Waals surface area contributed by atoms with Gasteiger partial charge in [0.05, 0.1) is 12.2 Å². The maximum absolute atomic E-state index is 10.3. The zero-order chi connectivity index (χ0) is 22.2. The number of fused-ring (bicyclic) bond motifs is 1. The van der Waals surface area contributed by atoms with Crippen molar-refractivity contribution < 1.29 is 20.0 Å². The number of aliphatic hydroxyl groups is 2. The second-order valence-corrected chi connectivity index (χ2v) is 11.5. The molecule has 7 atom stereocenters. The van der Waals surface area contributed by atoms with E-state index in [1.54, 1.807) is 5.57 Å². The lowest BCUT2D eigenvalue weighted by Crippen LogP contribution is -2.37. The Bertz CT molecular complexity index is 695. The zero-order valence-corrected chi connectivity index (χ0v) is 20.1. The molecule has 4 nitrogen and oxygen atoms in total. The van der Waals surface area contributed by atoms with Gasteiger partial charge in [-0.25, -0.2) is 9.78 Å². The quantitative estimate of drug-likeness (QED) is 0.415. The molecule has 4 aliphatic rings. The summed E-state index contributed by atoms with van der Waals surface area (Å²) in [6.45, 7) is 9.74. The molecule has 0 amide bonds. The van der Waals surface area contributed by atoms with Crippen LogP contribution in [0.1, 0.15) is 91.9 Å². The third kappa shape index (κ3) is 4.83. The molecule has 2 fully saturated rings. The first kappa shape index (κ1) is 23.5. The summed E-state index contributed by atoms with van der Waals surface area (Å²) in [6.07, 6.45) is 12.7. The second kappa shape index (κ2) is 9.67. The molecule has 0 unspecified atom stereocenters. The van der Waals surface area contributed by atoms with Crippen molar-refractivity contribution in [3.05, 3.63) is 22.8 Å². The van der Waals surface area contributed by atoms with Gasteiger partial charge in [0, 0.05) is 0 Å². The predicted octanol–water partition coefficient (Wildman–Crippen LogP) is 5.73. The Labute approximate surface area is 189 Å². The Morgan fingerprint density at radius 3 is 2.71 bits per heavy atom. The van der Waals surface area contributed by atoms with Crippen LogP contribution in [-0.2, 0) is 9.78 Å². The minimum absolute atomic E-state index is 0.117. The zero-order valence-electron chi connectivity index (χ0n) is 20.1. The SMILES string of the molecule is CC(C)[C@H](O)CC[C@@H](C)[C@H]1CC[C@H]2C(=C[C@@H]3OOCC4=C3C[C@@H](O)CC4)CCC[C@]12C. The average molecular weight is 433 g/mol. The summed E-state index contributed by atoms with van der Waals surface area (Å²) >= 11 is 0. The van der Waals surface area contributed by atoms with E-state index in [1.165, 1.54) is 43.3 Å². The number of hydrogen-bond acceptors (Lipinski definition) is 4. The Kier molecular flexibility index (Phi) is 7.32. The molecular formula is C27H44O4. The highest BCUT2D eigenvalue weighted by Gasteiger charge is 2.50. The summed E-state index contributed by atoms with van der Waals surface area (Å²) in [5.74, 6) is 2.36. The molecule has 176 valence electrons. The van der Waals surface area contributed by atoms with Crippen LogP contribution in [0.4, 0.5) is 0 Å². The van der Waals surface area contributed by atoms with Crippen molar-refractivity contribution in [3.8, 4) is 0 Å². The molecule has 31 heavy (non-hydrogen) atoms. The van der Waals surface area contributed by atoms with Gasteiger partial charge in [-0.3, -0.25) is 0 Å². The molecule has 1 aliphatic heterocycles. The van der Waals surface area contributed by atoms with Crippen molar-refractivity contribution >= 4 is 0 Å². The number of allylic oxidation sites excluding steroid dienone is 1. The van der Waals surface area contributed by atoms with Crippen molar-refractivity contribution in [1.29, 1.82) is 0 Å². The summed E-state index contributed by atoms with van der Waals surface area (Å²) in [4.78, 5) is 11.3. The molecule has 2 saturated carbocycles. The molecule has 0 aromatic carbocycles. The molecule has 0 saturated heterocycles. The van der Waals surface area contributed by atoms with E-state index in [0.717, 1.165) is 38.0 Å². The summed E-state index contributed by atoms with van der Waals surface area (Å²) in [6, 6.07) is 0. The number of hydrogen-bond donors (Lipinski definition) is 2. The first-order chi connectivity index (χ1) is 14.8. The van der Waals surface area contributed by atoms with E-state index >= 15 is 0 Å². The average Bonchev–Trinajstić information content (AvgIpc) is 3.10. The van der Waals surface area contributed by atoms with Crippen molar-refractivity contribution in [2.45, 2.75) is 110 Å². The highest BCUT2D eigenvalue weighted by Crippen LogP contribution is 2.60. The minimum atomic E-state index is -0.240. The van der Waals surface area contributed by atoms with Gasteiger partial charge in [-0.15, -0.1) is 0 Å². The van der Waals surface area contributed by atoms with E-state index in [1.807, 2.05) is 0 Å². The first-order valence-electron chi connectivity index (χ1n) is 12.9. The molecule has 0 bridgehead atoms. The van der Waals surface area contributed by atoms with Crippen molar-refractivity contribution in [2.75, 3.05) is 6.61 Å². The Morgan fingerprint density at radius 2 is 1.94 bits per heavy atom. The van der Waals surface area contributed by atoms with Crippen LogP contribution in [-0.4, -0.2) is 35.1 Å². The number of rotatable bonds is 6. The van der Waals surface area contributed by atoms with Crippen LogP contribution in [0.25, 0.3) is 0 Å². The lowest BCUT2D eigenvalue weighted by Gasteiger charge is -2.45. The van der Waals surface area contributed by atoms with Gasteiger partial charge >= 0.3 is 0 Å². The maximum Gasteiger partial charge on any atom is 0.133 e. The van der Waals surface area contributed by atoms with Crippen LogP contribution in [0.2, 0.25) is 0 Å². The standard InChI is InChI=1S/C27H44O4/c1-17(2)25(29)12-7-18(3)23-10-11-24-19(6-5-13-27(23,24)4)14-26-22-15-21(28)9-8-20(22)16-30-31-26/h14,17-18,21,23-26,28-29H,5-13,15-16H2,1-4H3/t18-,21+,23-,24+,25-,26+,27-/m1/s1. The van der Waals surface area contributed by atoms with Gasteiger partial charge in [-0.05, 0) is 111 Å². The van der Waals surface area contributed by atoms with Gasteiger partial charge in [0.25, 0.3) is 0 Å². The van der Waals surface area contributed by atoms with Gasteiger partial charge in [0.15, 0.2) is 0 Å². The second-order valence-electron chi connectivity index (χ2n) is 11.5. The minimum Gasteiger partial charge on any atom is -0.393 e. The molecule has 0 spiro atoms. The summed E-state index contributed by atoms with van der Waals surface area (Å²) in [5.41, 5.74) is 4.53. The fourth-order valence-electron chi connectivity index (χ4n) is 7.23. The molecule has 2 N–H and O–H groups in total. The lowest BCUT2D eigenvalue weighted by molar-refractivity contribution is -0.310. The third-order valence-corrected chi connectivity index (χ3v) is 9.21. The maximum atomic E-state index is 10.3. The van der Waals surface area contributed by atoms with Gasteiger partial charge < -0.3 is 10.2 Å². The van der Waals surface area contributed by atoms with E-state index in [-0.39, 0.29) is 18.3 Å². The summed E-state index contributed by atoms with van der Waals surface area (Å²) in [5, 5.41) is 20.5. The molecule has 4 rings (SSSR count). The fraction of sp³-hybridized carbons (Fsp3) is 0.852. The summed E-state index contributed by atoms with van der Waals surface area (Å²) < 4.78 is 0. The van der Waals surface area contributed by atoms with Crippen molar-refractivity contribution in [2.24, 2.45) is 29.1 Å². The Hall–Kier alpha value is -0.680. The van der Waals surface area contributed by atoms with Gasteiger partial charge in [-0.2, -0.15) is 0 Å². The molecule has 0 aromatic rings. The summed E-state index contributed by atoms with van der Waals surface area (Å²) in [7, 11) is 0. The Balaban J connectivity index is 1.48. The van der Waals surface area contributed by atoms with E-state index in [4.69, 9.17) is 9.78 Å². The van der Waals surface area contributed by atoms with Crippen LogP contribution in [0.5, 0.6) is 0 Å². The first-order valence-corrected chi connectivity index (χ1v) is 12.9. The predicted molar refractivity (Wildman–Crippen MR) is 123 cm³/mol. The van der Waals surface area contributed by atoms with E-state index in [2.05, 4.69) is 33.8 Å². The van der Waals surface area contributed by atoms with Gasteiger partial charge in [-0.1, -0.05) is 33.3 Å². The molecular weight excluding hydrogens is 388 g/mol. The van der Waals surface area contributed by atoms with Crippen molar-refractivity contribution in [1.82, 2.24) is 0 Å². The largest absolute Gasteiger partial charge is 0.393 e. The van der Waals surface area contributed by atoms with E-state index in [9.17, 15) is 10.2 Å². The molecule has 4 heteroatoms. The lowest BCUT2D eigenvalue weighted by atomic mass is 9.60. The molecule has 3 aliphatic carbocycles. The molecule has 1 heterocycles. The van der Waals surface area contributed by atoms with Crippen LogP contribution >= 0.6 is 0 Å². The smallest absolute Gasteiger partial charge is 0.133 e. The van der Waals surface area contributed by atoms with Crippen LogP contribution in [0.3, 0.4) is 0 Å². The highest BCUT2D eigenvalue weighted by molar-refractivity contribution is 5.31.